The number of amides is 1. The summed E-state index contributed by atoms with van der Waals surface area (Å²) in [5.41, 5.74) is -0.381. The first-order valence-electron chi connectivity index (χ1n) is 5.01. The zero-order valence-corrected chi connectivity index (χ0v) is 11.1. The molecule has 0 bridgehead atoms. The summed E-state index contributed by atoms with van der Waals surface area (Å²) < 4.78 is 0. The fraction of sp³-hybridized carbons (Fsp3) is 0.333. The number of halogens is 2. The lowest BCUT2D eigenvalue weighted by atomic mass is 9.96. The van der Waals surface area contributed by atoms with Gasteiger partial charge in [0.25, 0.3) is 5.91 Å². The molecule has 1 amide bonds. The second kappa shape index (κ2) is 5.39. The van der Waals surface area contributed by atoms with Gasteiger partial charge in [-0.05, 0) is 26.0 Å². The molecule has 1 aromatic rings. The molecule has 0 heterocycles. The van der Waals surface area contributed by atoms with Gasteiger partial charge in [-0.1, -0.05) is 29.3 Å². The number of nitrogens with one attached hydrogen (secondary N) is 1. The maximum Gasteiger partial charge on any atom is 0.254 e. The average Bonchev–Trinajstić information content (AvgIpc) is 2.26. The molecule has 0 aliphatic heterocycles. The van der Waals surface area contributed by atoms with Gasteiger partial charge in [0, 0.05) is 6.54 Å². The Balaban J connectivity index is 2.82. The molecule has 0 saturated heterocycles. The third-order valence-corrected chi connectivity index (χ3v) is 2.81. The molecule has 3 nitrogen and oxygen atoms in total. The van der Waals surface area contributed by atoms with Crippen LogP contribution in [0, 0.1) is 16.7 Å². The summed E-state index contributed by atoms with van der Waals surface area (Å²) in [5, 5.41) is 12.1. The lowest BCUT2D eigenvalue weighted by Crippen LogP contribution is -2.33. The van der Waals surface area contributed by atoms with Crippen LogP contribution in [0.5, 0.6) is 0 Å². The van der Waals surface area contributed by atoms with E-state index in [1.54, 1.807) is 32.0 Å². The van der Waals surface area contributed by atoms with Crippen LogP contribution in [0.3, 0.4) is 0 Å². The topological polar surface area (TPSA) is 52.9 Å². The van der Waals surface area contributed by atoms with Crippen molar-refractivity contribution in [1.29, 1.82) is 5.26 Å². The molecule has 5 heteroatoms. The molecule has 0 aliphatic carbocycles. The molecule has 17 heavy (non-hydrogen) atoms. The maximum absolute atomic E-state index is 11.9. The van der Waals surface area contributed by atoms with Gasteiger partial charge in [-0.25, -0.2) is 0 Å². The van der Waals surface area contributed by atoms with Gasteiger partial charge in [0.05, 0.1) is 27.1 Å². The predicted molar refractivity (Wildman–Crippen MR) is 68.2 cm³/mol. The summed E-state index contributed by atoms with van der Waals surface area (Å²) in [5.74, 6) is -0.371. The molecular formula is C12H12Cl2N2O. The molecule has 0 saturated carbocycles. The highest BCUT2D eigenvalue weighted by Gasteiger charge is 2.20. The van der Waals surface area contributed by atoms with E-state index in [0.29, 0.717) is 10.0 Å². The van der Waals surface area contributed by atoms with Crippen LogP contribution in [0.15, 0.2) is 18.2 Å². The average molecular weight is 271 g/mol. The van der Waals surface area contributed by atoms with E-state index in [1.165, 1.54) is 0 Å². The Morgan fingerprint density at radius 1 is 1.41 bits per heavy atom. The number of nitriles is 1. The van der Waals surface area contributed by atoms with Gasteiger partial charge < -0.3 is 5.32 Å². The molecule has 0 aliphatic rings. The second-order valence-electron chi connectivity index (χ2n) is 4.28. The van der Waals surface area contributed by atoms with Gasteiger partial charge in [-0.15, -0.1) is 0 Å². The summed E-state index contributed by atoms with van der Waals surface area (Å²) >= 11 is 11.8. The number of carbonyl (C=O) groups excluding carboxylic acids is 1. The number of rotatable bonds is 3. The van der Waals surface area contributed by atoms with Crippen molar-refractivity contribution in [2.24, 2.45) is 5.41 Å². The van der Waals surface area contributed by atoms with Crippen LogP contribution in [-0.4, -0.2) is 12.5 Å². The van der Waals surface area contributed by atoms with Crippen LogP contribution in [0.25, 0.3) is 0 Å². The van der Waals surface area contributed by atoms with Crippen molar-refractivity contribution in [2.75, 3.05) is 6.54 Å². The normalized spacial score (nSPS) is 10.8. The minimum Gasteiger partial charge on any atom is -0.350 e. The van der Waals surface area contributed by atoms with Crippen molar-refractivity contribution in [3.8, 4) is 6.07 Å². The van der Waals surface area contributed by atoms with E-state index in [4.69, 9.17) is 28.5 Å². The highest BCUT2D eigenvalue weighted by molar-refractivity contribution is 6.39. The van der Waals surface area contributed by atoms with Crippen LogP contribution in [0.1, 0.15) is 24.2 Å². The molecule has 0 atom stereocenters. The molecule has 0 radical (unpaired) electrons. The van der Waals surface area contributed by atoms with Crippen LogP contribution >= 0.6 is 23.2 Å². The van der Waals surface area contributed by atoms with Crippen LogP contribution in [0.4, 0.5) is 0 Å². The molecular weight excluding hydrogens is 259 g/mol. The Kier molecular flexibility index (Phi) is 4.39. The number of hydrogen-bond acceptors (Lipinski definition) is 2. The first kappa shape index (κ1) is 13.8. The molecule has 90 valence electrons. The van der Waals surface area contributed by atoms with Crippen molar-refractivity contribution < 1.29 is 4.79 Å². The summed E-state index contributed by atoms with van der Waals surface area (Å²) in [6.45, 7) is 3.72. The number of nitrogens with zero attached hydrogens (tertiary/aromatic N) is 1. The van der Waals surface area contributed by atoms with Crippen molar-refractivity contribution in [3.63, 3.8) is 0 Å². The Bertz CT molecular complexity index is 458. The Morgan fingerprint density at radius 3 is 2.41 bits per heavy atom. The van der Waals surface area contributed by atoms with Gasteiger partial charge >= 0.3 is 0 Å². The Labute approximate surface area is 110 Å². The Morgan fingerprint density at radius 2 is 1.94 bits per heavy atom. The minimum absolute atomic E-state index is 0.240. The monoisotopic (exact) mass is 270 g/mol. The number of benzene rings is 1. The van der Waals surface area contributed by atoms with E-state index < -0.39 is 5.41 Å². The van der Waals surface area contributed by atoms with E-state index >= 15 is 0 Å². The van der Waals surface area contributed by atoms with E-state index in [-0.39, 0.29) is 18.0 Å². The zero-order valence-electron chi connectivity index (χ0n) is 9.55. The smallest absolute Gasteiger partial charge is 0.254 e. The summed E-state index contributed by atoms with van der Waals surface area (Å²) in [4.78, 5) is 11.9. The quantitative estimate of drug-likeness (QED) is 0.917. The fourth-order valence-electron chi connectivity index (χ4n) is 1.14. The highest BCUT2D eigenvalue weighted by atomic mass is 35.5. The predicted octanol–water partition coefficient (Wildman–Crippen LogP) is 3.27. The molecule has 1 N–H and O–H groups in total. The van der Waals surface area contributed by atoms with Gasteiger partial charge in [0.1, 0.15) is 0 Å². The highest BCUT2D eigenvalue weighted by Crippen LogP contribution is 2.24. The largest absolute Gasteiger partial charge is 0.350 e. The molecule has 0 aromatic heterocycles. The van der Waals surface area contributed by atoms with Crippen LogP contribution in [0.2, 0.25) is 10.0 Å². The van der Waals surface area contributed by atoms with Crippen molar-refractivity contribution >= 4 is 29.1 Å². The van der Waals surface area contributed by atoms with Crippen LogP contribution in [-0.2, 0) is 0 Å². The summed E-state index contributed by atoms with van der Waals surface area (Å²) in [6, 6.07) is 6.95. The summed E-state index contributed by atoms with van der Waals surface area (Å²) in [6.07, 6.45) is 0. The van der Waals surface area contributed by atoms with Gasteiger partial charge in [0.2, 0.25) is 0 Å². The van der Waals surface area contributed by atoms with E-state index in [2.05, 4.69) is 11.4 Å². The van der Waals surface area contributed by atoms with Crippen molar-refractivity contribution in [1.82, 2.24) is 5.32 Å². The third-order valence-electron chi connectivity index (χ3n) is 2.18. The van der Waals surface area contributed by atoms with Crippen LogP contribution < -0.4 is 5.32 Å². The number of carbonyl (C=O) groups is 1. The molecule has 1 aromatic carbocycles. The SMILES string of the molecule is CC(C)(C#N)CNC(=O)c1c(Cl)cccc1Cl. The van der Waals surface area contributed by atoms with Crippen molar-refractivity contribution in [2.45, 2.75) is 13.8 Å². The first-order valence-corrected chi connectivity index (χ1v) is 5.76. The molecule has 1 rings (SSSR count). The number of hydrogen-bond donors (Lipinski definition) is 1. The molecule has 0 spiro atoms. The van der Waals surface area contributed by atoms with E-state index in [1.807, 2.05) is 0 Å². The standard InChI is InChI=1S/C12H12Cl2N2O/c1-12(2,6-15)7-16-11(17)10-8(13)4-3-5-9(10)14/h3-5H,7H2,1-2H3,(H,16,17). The lowest BCUT2D eigenvalue weighted by molar-refractivity contribution is 0.0944. The van der Waals surface area contributed by atoms with Gasteiger partial charge in [-0.2, -0.15) is 5.26 Å². The van der Waals surface area contributed by atoms with Gasteiger partial charge in [-0.3, -0.25) is 4.79 Å². The zero-order chi connectivity index (χ0) is 13.1. The second-order valence-corrected chi connectivity index (χ2v) is 5.09. The van der Waals surface area contributed by atoms with Crippen molar-refractivity contribution in [3.05, 3.63) is 33.8 Å². The minimum atomic E-state index is -0.622. The van der Waals surface area contributed by atoms with E-state index in [9.17, 15) is 4.79 Å². The fourth-order valence-corrected chi connectivity index (χ4v) is 1.71. The van der Waals surface area contributed by atoms with E-state index in [0.717, 1.165) is 0 Å². The lowest BCUT2D eigenvalue weighted by Gasteiger charge is -2.16. The third kappa shape index (κ3) is 3.62. The maximum atomic E-state index is 11.9. The first-order chi connectivity index (χ1) is 7.87. The Hall–Kier alpha value is -1.24. The molecule has 0 unspecified atom stereocenters. The van der Waals surface area contributed by atoms with Gasteiger partial charge in [0.15, 0.2) is 0 Å². The summed E-state index contributed by atoms with van der Waals surface area (Å²) in [7, 11) is 0. The molecule has 0 fully saturated rings.